The van der Waals surface area contributed by atoms with E-state index in [1.54, 1.807) is 24.3 Å². The van der Waals surface area contributed by atoms with Crippen molar-refractivity contribution in [1.82, 2.24) is 9.80 Å². The molecule has 10 nitrogen and oxygen atoms in total. The molecule has 2 fully saturated rings. The summed E-state index contributed by atoms with van der Waals surface area (Å²) in [5.74, 6) is -4.73. The molecule has 0 aliphatic carbocycles. The number of rotatable bonds is 9. The molecule has 2 saturated heterocycles. The number of carboxylic acid groups (broad SMARTS) is 1. The smallest absolute Gasteiger partial charge is 0.321 e. The molecule has 3 rings (SSSR count). The Morgan fingerprint density at radius 3 is 2.19 bits per heavy atom. The zero-order valence-corrected chi connectivity index (χ0v) is 17.3. The van der Waals surface area contributed by atoms with Gasteiger partial charge < -0.3 is 16.6 Å². The van der Waals surface area contributed by atoms with Gasteiger partial charge in [0, 0.05) is 31.1 Å². The summed E-state index contributed by atoms with van der Waals surface area (Å²) in [7, 11) is 0. The lowest BCUT2D eigenvalue weighted by Gasteiger charge is -2.31. The molecule has 0 bridgehead atoms. The third-order valence-corrected chi connectivity index (χ3v) is 6.05. The first-order valence-corrected chi connectivity index (χ1v) is 10.3. The number of primary amides is 1. The number of carbonyl (C=O) groups is 4. The van der Waals surface area contributed by atoms with E-state index in [1.807, 2.05) is 6.92 Å². The lowest BCUT2D eigenvalue weighted by Crippen LogP contribution is -2.46. The fraction of sp³-hybridized carbons (Fsp3) is 0.476. The van der Waals surface area contributed by atoms with Crippen molar-refractivity contribution in [3.05, 3.63) is 35.4 Å². The molecule has 31 heavy (non-hydrogen) atoms. The first-order chi connectivity index (χ1) is 14.7. The van der Waals surface area contributed by atoms with Crippen molar-refractivity contribution < 1.29 is 24.3 Å². The van der Waals surface area contributed by atoms with Gasteiger partial charge in [0.25, 0.3) is 0 Å². The largest absolute Gasteiger partial charge is 0.480 e. The fourth-order valence-corrected chi connectivity index (χ4v) is 4.63. The van der Waals surface area contributed by atoms with Gasteiger partial charge in [-0.1, -0.05) is 37.6 Å². The predicted molar refractivity (Wildman–Crippen MR) is 111 cm³/mol. The summed E-state index contributed by atoms with van der Waals surface area (Å²) in [6.45, 7) is 2.20. The van der Waals surface area contributed by atoms with Crippen molar-refractivity contribution in [3.8, 4) is 0 Å². The molecule has 0 spiro atoms. The Bertz CT molecular complexity index is 915. The van der Waals surface area contributed by atoms with Gasteiger partial charge in [0.1, 0.15) is 11.9 Å². The Balaban J connectivity index is 2.07. The van der Waals surface area contributed by atoms with Crippen molar-refractivity contribution in [2.45, 2.75) is 38.3 Å². The first kappa shape index (κ1) is 22.4. The fourth-order valence-electron chi connectivity index (χ4n) is 4.63. The average molecular weight is 429 g/mol. The van der Waals surface area contributed by atoms with Gasteiger partial charge in [-0.05, 0) is 12.0 Å². The molecule has 6 N–H and O–H groups in total. The second-order valence-corrected chi connectivity index (χ2v) is 7.95. The van der Waals surface area contributed by atoms with Crippen LogP contribution in [0.5, 0.6) is 0 Å². The molecule has 2 aliphatic heterocycles. The van der Waals surface area contributed by atoms with Crippen LogP contribution in [0.3, 0.4) is 0 Å². The highest BCUT2D eigenvalue weighted by Gasteiger charge is 2.64. The summed E-state index contributed by atoms with van der Waals surface area (Å²) in [6.07, 6.45) is 1.32. The van der Waals surface area contributed by atoms with Crippen LogP contribution >= 0.6 is 0 Å². The number of likely N-dealkylation sites (tertiary alicyclic amines) is 2. The second-order valence-electron chi connectivity index (χ2n) is 7.95. The molecule has 1 aromatic carbocycles. The molecule has 10 heteroatoms. The van der Waals surface area contributed by atoms with Crippen LogP contribution in [0.1, 0.15) is 43.4 Å². The molecule has 1 aromatic rings. The summed E-state index contributed by atoms with van der Waals surface area (Å²) in [5.41, 5.74) is 11.9. The molecule has 166 valence electrons. The highest BCUT2D eigenvalue weighted by atomic mass is 16.4. The van der Waals surface area contributed by atoms with Crippen LogP contribution in [0, 0.1) is 17.2 Å². The van der Waals surface area contributed by atoms with Gasteiger partial charge in [0.2, 0.25) is 17.7 Å². The summed E-state index contributed by atoms with van der Waals surface area (Å²) in [4.78, 5) is 52.7. The number of imide groups is 1. The number of nitrogens with two attached hydrogens (primary N) is 2. The Kier molecular flexibility index (Phi) is 6.40. The zero-order valence-electron chi connectivity index (χ0n) is 17.3. The van der Waals surface area contributed by atoms with Crippen LogP contribution in [0.2, 0.25) is 0 Å². The van der Waals surface area contributed by atoms with Crippen LogP contribution in [0.15, 0.2) is 24.3 Å². The number of carbonyl (C=O) groups excluding carboxylic acids is 3. The maximum Gasteiger partial charge on any atom is 0.321 e. The van der Waals surface area contributed by atoms with Gasteiger partial charge in [0.05, 0.1) is 11.8 Å². The van der Waals surface area contributed by atoms with Crippen molar-refractivity contribution in [1.29, 1.82) is 5.41 Å². The third kappa shape index (κ3) is 4.02. The summed E-state index contributed by atoms with van der Waals surface area (Å²) in [6, 6.07) is 4.62. The number of aliphatic carboxylic acids is 1. The van der Waals surface area contributed by atoms with E-state index in [-0.39, 0.29) is 25.3 Å². The summed E-state index contributed by atoms with van der Waals surface area (Å²) < 4.78 is 0. The molecule has 2 aliphatic rings. The number of hydrogen-bond acceptors (Lipinski definition) is 6. The number of benzene rings is 1. The number of nitrogen functional groups attached to an aromatic ring is 1. The molecule has 4 unspecified atom stereocenters. The molecule has 0 aromatic heterocycles. The average Bonchev–Trinajstić information content (AvgIpc) is 3.18. The van der Waals surface area contributed by atoms with E-state index in [0.29, 0.717) is 17.5 Å². The number of amides is 3. The Morgan fingerprint density at radius 1 is 1.06 bits per heavy atom. The van der Waals surface area contributed by atoms with Crippen LogP contribution in [-0.4, -0.2) is 63.6 Å². The van der Waals surface area contributed by atoms with Crippen molar-refractivity contribution in [2.24, 2.45) is 23.3 Å². The molecule has 0 saturated carbocycles. The highest BCUT2D eigenvalue weighted by Crippen LogP contribution is 2.50. The molecule has 2 heterocycles. The minimum atomic E-state index is -1.25. The van der Waals surface area contributed by atoms with Crippen molar-refractivity contribution in [3.63, 3.8) is 0 Å². The van der Waals surface area contributed by atoms with E-state index in [0.717, 1.165) is 6.42 Å². The first-order valence-electron chi connectivity index (χ1n) is 10.3. The number of hydrogen-bond donors (Lipinski definition) is 4. The lowest BCUT2D eigenvalue weighted by atomic mass is 9.86. The number of amidine groups is 1. The van der Waals surface area contributed by atoms with E-state index in [9.17, 15) is 24.3 Å². The standard InChI is InChI=1S/C21H27N5O5/c1-2-3-9-26-19(28)14-15(20(26)29)17(21(30)31)25(10-8-13(22)27)16(14)11-4-6-12(7-5-11)18(23)24/h4-7,14-17H,2-3,8-10H2,1H3,(H2,22,27)(H3,23,24)(H,30,31). The maximum atomic E-state index is 13.3. The molecular weight excluding hydrogens is 402 g/mol. The number of carboxylic acids is 1. The van der Waals surface area contributed by atoms with Gasteiger partial charge in [-0.3, -0.25) is 34.4 Å². The van der Waals surface area contributed by atoms with Crippen molar-refractivity contribution in [2.75, 3.05) is 13.1 Å². The van der Waals surface area contributed by atoms with E-state index in [4.69, 9.17) is 16.9 Å². The number of fused-ring (bicyclic) bond motifs is 1. The van der Waals surface area contributed by atoms with Crippen LogP contribution in [0.4, 0.5) is 0 Å². The minimum absolute atomic E-state index is 0.00788. The van der Waals surface area contributed by atoms with Crippen LogP contribution < -0.4 is 11.5 Å². The second kappa shape index (κ2) is 8.84. The Labute approximate surface area is 179 Å². The van der Waals surface area contributed by atoms with Gasteiger partial charge in [-0.25, -0.2) is 0 Å². The lowest BCUT2D eigenvalue weighted by molar-refractivity contribution is -0.150. The Morgan fingerprint density at radius 2 is 1.68 bits per heavy atom. The summed E-state index contributed by atoms with van der Waals surface area (Å²) in [5, 5.41) is 17.5. The van der Waals surface area contributed by atoms with E-state index in [2.05, 4.69) is 0 Å². The Hall–Kier alpha value is -3.27. The molecule has 0 radical (unpaired) electrons. The number of unbranched alkanes of at least 4 members (excludes halogenated alkanes) is 1. The molecule has 3 amide bonds. The van der Waals surface area contributed by atoms with Crippen LogP contribution in [-0.2, 0) is 19.2 Å². The minimum Gasteiger partial charge on any atom is -0.480 e. The van der Waals surface area contributed by atoms with E-state index < -0.39 is 47.6 Å². The maximum absolute atomic E-state index is 13.3. The molecular formula is C21H27N5O5. The topological polar surface area (TPSA) is 171 Å². The SMILES string of the molecule is CCCCN1C(=O)C2C(C1=O)C(c1ccc(C(=N)N)cc1)N(CCC(N)=O)C2C(=O)O. The highest BCUT2D eigenvalue weighted by molar-refractivity contribution is 6.08. The normalized spacial score (nSPS) is 25.6. The van der Waals surface area contributed by atoms with Crippen molar-refractivity contribution >= 4 is 29.5 Å². The predicted octanol–water partition coefficient (Wildman–Crippen LogP) is 0.0573. The van der Waals surface area contributed by atoms with E-state index in [1.165, 1.54) is 9.80 Å². The number of nitrogens with one attached hydrogen (secondary N) is 1. The summed E-state index contributed by atoms with van der Waals surface area (Å²) >= 11 is 0. The van der Waals surface area contributed by atoms with Gasteiger partial charge in [-0.15, -0.1) is 0 Å². The van der Waals surface area contributed by atoms with E-state index >= 15 is 0 Å². The van der Waals surface area contributed by atoms with Gasteiger partial charge >= 0.3 is 5.97 Å². The van der Waals surface area contributed by atoms with Gasteiger partial charge in [0.15, 0.2) is 0 Å². The van der Waals surface area contributed by atoms with Crippen LogP contribution in [0.25, 0.3) is 0 Å². The van der Waals surface area contributed by atoms with Gasteiger partial charge in [-0.2, -0.15) is 0 Å². The molecule has 4 atom stereocenters. The monoisotopic (exact) mass is 429 g/mol. The zero-order chi connectivity index (χ0) is 22.9. The quantitative estimate of drug-likeness (QED) is 0.244. The third-order valence-electron chi connectivity index (χ3n) is 6.05. The number of nitrogens with zero attached hydrogens (tertiary/aromatic N) is 2.